The average Bonchev–Trinajstić information content (AvgIpc) is 2.46. The van der Waals surface area contributed by atoms with Crippen molar-refractivity contribution in [3.63, 3.8) is 0 Å². The third kappa shape index (κ3) is 4.33. The summed E-state index contributed by atoms with van der Waals surface area (Å²) in [6.45, 7) is 5.43. The summed E-state index contributed by atoms with van der Waals surface area (Å²) >= 11 is 5.27. The molecule has 1 heterocycles. The molecule has 20 heavy (non-hydrogen) atoms. The van der Waals surface area contributed by atoms with E-state index >= 15 is 0 Å². The molecule has 1 unspecified atom stereocenters. The van der Waals surface area contributed by atoms with E-state index in [0.717, 1.165) is 22.5 Å². The van der Waals surface area contributed by atoms with Gasteiger partial charge in [-0.3, -0.25) is 0 Å². The zero-order chi connectivity index (χ0) is 14.4. The minimum absolute atomic E-state index is 0.342. The lowest BCUT2D eigenvalue weighted by molar-refractivity contribution is 0.563. The standard InChI is InChI=1S/C16H19BrN2S/c1-3-9-18-12(2)14-8-7-13(17)11-15(14)20-16-6-4-5-10-19-16/h4-8,10-12,18H,3,9H2,1-2H3. The van der Waals surface area contributed by atoms with Gasteiger partial charge in [-0.2, -0.15) is 0 Å². The Labute approximate surface area is 133 Å². The van der Waals surface area contributed by atoms with Crippen molar-refractivity contribution >= 4 is 27.7 Å². The summed E-state index contributed by atoms with van der Waals surface area (Å²) in [5, 5.41) is 4.57. The largest absolute Gasteiger partial charge is 0.310 e. The van der Waals surface area contributed by atoms with Gasteiger partial charge in [-0.15, -0.1) is 0 Å². The Morgan fingerprint density at radius 3 is 2.85 bits per heavy atom. The Morgan fingerprint density at radius 1 is 1.30 bits per heavy atom. The summed E-state index contributed by atoms with van der Waals surface area (Å²) in [7, 11) is 0. The highest BCUT2D eigenvalue weighted by Crippen LogP contribution is 2.34. The number of nitrogens with one attached hydrogen (secondary N) is 1. The lowest BCUT2D eigenvalue weighted by Crippen LogP contribution is -2.19. The molecule has 1 aromatic heterocycles. The summed E-state index contributed by atoms with van der Waals surface area (Å²) in [5.41, 5.74) is 1.32. The zero-order valence-corrected chi connectivity index (χ0v) is 14.2. The maximum Gasteiger partial charge on any atom is 0.101 e. The second-order valence-electron chi connectivity index (χ2n) is 4.63. The van der Waals surface area contributed by atoms with E-state index in [2.05, 4.69) is 58.3 Å². The Kier molecular flexibility index (Phi) is 6.07. The quantitative estimate of drug-likeness (QED) is 0.788. The van der Waals surface area contributed by atoms with Crippen molar-refractivity contribution in [2.45, 2.75) is 36.2 Å². The first-order valence-corrected chi connectivity index (χ1v) is 8.43. The van der Waals surface area contributed by atoms with Crippen molar-refractivity contribution in [2.75, 3.05) is 6.54 Å². The summed E-state index contributed by atoms with van der Waals surface area (Å²) in [5.74, 6) is 0. The molecule has 0 aliphatic heterocycles. The van der Waals surface area contributed by atoms with Gasteiger partial charge in [0, 0.05) is 21.6 Å². The van der Waals surface area contributed by atoms with Crippen LogP contribution in [-0.4, -0.2) is 11.5 Å². The van der Waals surface area contributed by atoms with Crippen molar-refractivity contribution in [3.05, 3.63) is 52.6 Å². The first-order chi connectivity index (χ1) is 9.70. The van der Waals surface area contributed by atoms with Gasteiger partial charge in [0.05, 0.1) is 0 Å². The van der Waals surface area contributed by atoms with Crippen molar-refractivity contribution in [1.29, 1.82) is 0 Å². The number of nitrogens with zero attached hydrogens (tertiary/aromatic N) is 1. The summed E-state index contributed by atoms with van der Waals surface area (Å²) < 4.78 is 1.10. The van der Waals surface area contributed by atoms with E-state index in [9.17, 15) is 0 Å². The molecule has 0 saturated carbocycles. The van der Waals surface area contributed by atoms with Crippen molar-refractivity contribution in [1.82, 2.24) is 10.3 Å². The van der Waals surface area contributed by atoms with E-state index in [0.29, 0.717) is 6.04 Å². The van der Waals surface area contributed by atoms with Gasteiger partial charge in [0.25, 0.3) is 0 Å². The maximum atomic E-state index is 4.39. The van der Waals surface area contributed by atoms with Crippen LogP contribution in [0.15, 0.2) is 57.0 Å². The molecular formula is C16H19BrN2S. The highest BCUT2D eigenvalue weighted by atomic mass is 79.9. The lowest BCUT2D eigenvalue weighted by atomic mass is 10.1. The SMILES string of the molecule is CCCNC(C)c1ccc(Br)cc1Sc1ccccn1. The molecule has 0 radical (unpaired) electrons. The van der Waals surface area contributed by atoms with Crippen LogP contribution < -0.4 is 5.32 Å². The summed E-state index contributed by atoms with van der Waals surface area (Å²) in [6.07, 6.45) is 2.97. The number of benzene rings is 1. The highest BCUT2D eigenvalue weighted by molar-refractivity contribution is 9.10. The molecule has 1 aromatic carbocycles. The van der Waals surface area contributed by atoms with Crippen LogP contribution in [0.1, 0.15) is 31.9 Å². The normalized spacial score (nSPS) is 12.3. The molecule has 1 atom stereocenters. The number of aromatic nitrogens is 1. The maximum absolute atomic E-state index is 4.39. The molecular weight excluding hydrogens is 332 g/mol. The second-order valence-corrected chi connectivity index (χ2v) is 6.61. The molecule has 0 fully saturated rings. The molecule has 0 spiro atoms. The van der Waals surface area contributed by atoms with Gasteiger partial charge in [0.15, 0.2) is 0 Å². The van der Waals surface area contributed by atoms with Crippen molar-refractivity contribution in [2.24, 2.45) is 0 Å². The van der Waals surface area contributed by atoms with E-state index in [1.54, 1.807) is 11.8 Å². The van der Waals surface area contributed by atoms with Gasteiger partial charge in [-0.1, -0.05) is 46.7 Å². The first-order valence-electron chi connectivity index (χ1n) is 6.82. The van der Waals surface area contributed by atoms with Gasteiger partial charge in [-0.05, 0) is 49.7 Å². The monoisotopic (exact) mass is 350 g/mol. The minimum Gasteiger partial charge on any atom is -0.310 e. The van der Waals surface area contributed by atoms with Gasteiger partial charge in [0.1, 0.15) is 5.03 Å². The summed E-state index contributed by atoms with van der Waals surface area (Å²) in [4.78, 5) is 5.64. The molecule has 2 aromatic rings. The number of hydrogen-bond acceptors (Lipinski definition) is 3. The molecule has 0 aliphatic carbocycles. The Hall–Kier alpha value is -0.840. The molecule has 0 aliphatic rings. The number of halogens is 1. The predicted octanol–water partition coefficient (Wildman–Crippen LogP) is 5.06. The average molecular weight is 351 g/mol. The third-order valence-electron chi connectivity index (χ3n) is 2.99. The topological polar surface area (TPSA) is 24.9 Å². The van der Waals surface area contributed by atoms with Crippen LogP contribution in [0.2, 0.25) is 0 Å². The van der Waals surface area contributed by atoms with Gasteiger partial charge in [-0.25, -0.2) is 4.98 Å². The molecule has 0 bridgehead atoms. The minimum atomic E-state index is 0.342. The van der Waals surface area contributed by atoms with Gasteiger partial charge >= 0.3 is 0 Å². The smallest absolute Gasteiger partial charge is 0.101 e. The number of pyridine rings is 1. The Morgan fingerprint density at radius 2 is 2.15 bits per heavy atom. The fourth-order valence-electron chi connectivity index (χ4n) is 1.95. The van der Waals surface area contributed by atoms with E-state index in [4.69, 9.17) is 0 Å². The van der Waals surface area contributed by atoms with Gasteiger partial charge in [0.2, 0.25) is 0 Å². The summed E-state index contributed by atoms with van der Waals surface area (Å²) in [6, 6.07) is 12.8. The molecule has 4 heteroatoms. The van der Waals surface area contributed by atoms with Gasteiger partial charge < -0.3 is 5.32 Å². The van der Waals surface area contributed by atoms with E-state index < -0.39 is 0 Å². The zero-order valence-electron chi connectivity index (χ0n) is 11.8. The molecule has 1 N–H and O–H groups in total. The van der Waals surface area contributed by atoms with Crippen LogP contribution in [0.4, 0.5) is 0 Å². The van der Waals surface area contributed by atoms with Crippen LogP contribution in [0.5, 0.6) is 0 Å². The Bertz CT molecular complexity index is 545. The van der Waals surface area contributed by atoms with Crippen LogP contribution in [0.3, 0.4) is 0 Å². The lowest BCUT2D eigenvalue weighted by Gasteiger charge is -2.17. The first kappa shape index (κ1) is 15.5. The molecule has 2 rings (SSSR count). The van der Waals surface area contributed by atoms with Crippen LogP contribution in [-0.2, 0) is 0 Å². The van der Waals surface area contributed by atoms with E-state index in [-0.39, 0.29) is 0 Å². The Balaban J connectivity index is 2.24. The molecule has 0 amide bonds. The molecule has 0 saturated heterocycles. The highest BCUT2D eigenvalue weighted by Gasteiger charge is 2.12. The number of rotatable bonds is 6. The predicted molar refractivity (Wildman–Crippen MR) is 89.2 cm³/mol. The fourth-order valence-corrected chi connectivity index (χ4v) is 3.49. The van der Waals surface area contributed by atoms with E-state index in [1.165, 1.54) is 10.5 Å². The van der Waals surface area contributed by atoms with Crippen LogP contribution in [0, 0.1) is 0 Å². The van der Waals surface area contributed by atoms with Crippen molar-refractivity contribution in [3.8, 4) is 0 Å². The second kappa shape index (κ2) is 7.81. The van der Waals surface area contributed by atoms with Crippen LogP contribution >= 0.6 is 27.7 Å². The molecule has 2 nitrogen and oxygen atoms in total. The number of hydrogen-bond donors (Lipinski definition) is 1. The third-order valence-corrected chi connectivity index (χ3v) is 4.51. The van der Waals surface area contributed by atoms with E-state index in [1.807, 2.05) is 24.4 Å². The van der Waals surface area contributed by atoms with Crippen LogP contribution in [0.25, 0.3) is 0 Å². The molecule has 106 valence electrons. The fraction of sp³-hybridized carbons (Fsp3) is 0.312. The van der Waals surface area contributed by atoms with Crippen molar-refractivity contribution < 1.29 is 0 Å².